The van der Waals surface area contributed by atoms with Crippen LogP contribution in [-0.4, -0.2) is 36.5 Å². The van der Waals surface area contributed by atoms with Crippen LogP contribution in [0.2, 0.25) is 5.02 Å². The van der Waals surface area contributed by atoms with Gasteiger partial charge >= 0.3 is 0 Å². The zero-order valence-corrected chi connectivity index (χ0v) is 17.5. The molecule has 5 heteroatoms. The van der Waals surface area contributed by atoms with Gasteiger partial charge in [-0.15, -0.1) is 0 Å². The Morgan fingerprint density at radius 2 is 2.04 bits per heavy atom. The number of nitrogens with zero attached hydrogens (tertiary/aromatic N) is 2. The highest BCUT2D eigenvalue weighted by Crippen LogP contribution is 2.33. The Labute approximate surface area is 169 Å². The molecule has 2 aliphatic rings. The molecule has 1 heterocycles. The van der Waals surface area contributed by atoms with E-state index in [-0.39, 0.29) is 5.92 Å². The van der Waals surface area contributed by atoms with E-state index in [1.165, 1.54) is 32.1 Å². The second-order valence-electron chi connectivity index (χ2n) is 8.40. The first-order valence-corrected chi connectivity index (χ1v) is 11.0. The van der Waals surface area contributed by atoms with Crippen molar-refractivity contribution < 1.29 is 4.79 Å². The van der Waals surface area contributed by atoms with Crippen molar-refractivity contribution in [1.82, 2.24) is 4.90 Å². The zero-order valence-electron chi connectivity index (χ0n) is 16.8. The smallest absolute Gasteiger partial charge is 0.225 e. The van der Waals surface area contributed by atoms with Crippen molar-refractivity contribution in [2.24, 2.45) is 11.8 Å². The van der Waals surface area contributed by atoms with Gasteiger partial charge < -0.3 is 15.5 Å². The number of hydrogen-bond donors (Lipinski definition) is 1. The molecular formula is C22H34ClN3O. The van der Waals surface area contributed by atoms with Crippen LogP contribution < -0.4 is 10.6 Å². The highest BCUT2D eigenvalue weighted by atomic mass is 35.5. The van der Waals surface area contributed by atoms with Crippen molar-refractivity contribution in [1.29, 1.82) is 0 Å². The lowest BCUT2D eigenvalue weighted by molar-refractivity contribution is -0.134. The number of nitrogens with two attached hydrogens (primary N) is 1. The molecule has 27 heavy (non-hydrogen) atoms. The standard InChI is InChI=1S/C22H34ClN3O/c1-3-16(2)22(27)25-12-11-19(15-25)26(14-17-7-5-4-6-8-17)18-9-10-21(24)20(23)13-18/h9-10,13,16-17,19H,3-8,11-12,14-15,24H2,1-2H3. The van der Waals surface area contributed by atoms with E-state index in [0.29, 0.717) is 22.7 Å². The van der Waals surface area contributed by atoms with Gasteiger partial charge in [-0.3, -0.25) is 4.79 Å². The summed E-state index contributed by atoms with van der Waals surface area (Å²) in [4.78, 5) is 17.2. The third-order valence-electron chi connectivity index (χ3n) is 6.45. The summed E-state index contributed by atoms with van der Waals surface area (Å²) in [7, 11) is 0. The van der Waals surface area contributed by atoms with Crippen molar-refractivity contribution in [3.63, 3.8) is 0 Å². The molecule has 1 aliphatic carbocycles. The number of benzene rings is 1. The number of likely N-dealkylation sites (tertiary alicyclic amines) is 1. The molecule has 1 saturated heterocycles. The molecule has 1 aromatic carbocycles. The fraction of sp³-hybridized carbons (Fsp3) is 0.682. The number of carbonyl (C=O) groups excluding carboxylic acids is 1. The Morgan fingerprint density at radius 1 is 1.30 bits per heavy atom. The Balaban J connectivity index is 1.77. The molecule has 2 fully saturated rings. The molecule has 0 spiro atoms. The summed E-state index contributed by atoms with van der Waals surface area (Å²) in [6.45, 7) is 6.85. The van der Waals surface area contributed by atoms with Crippen LogP contribution in [0.4, 0.5) is 11.4 Å². The largest absolute Gasteiger partial charge is 0.398 e. The summed E-state index contributed by atoms with van der Waals surface area (Å²) in [6.07, 6.45) is 8.58. The van der Waals surface area contributed by atoms with Crippen LogP contribution in [0.1, 0.15) is 58.8 Å². The van der Waals surface area contributed by atoms with Gasteiger partial charge in [0.05, 0.1) is 10.7 Å². The third kappa shape index (κ3) is 4.90. The van der Waals surface area contributed by atoms with E-state index in [9.17, 15) is 4.79 Å². The number of rotatable bonds is 6. The van der Waals surface area contributed by atoms with Crippen molar-refractivity contribution in [3.8, 4) is 0 Å². The molecule has 1 aromatic rings. The molecule has 2 unspecified atom stereocenters. The number of halogens is 1. The lowest BCUT2D eigenvalue weighted by Crippen LogP contribution is -2.42. The van der Waals surface area contributed by atoms with Crippen LogP contribution >= 0.6 is 11.6 Å². The van der Waals surface area contributed by atoms with E-state index in [2.05, 4.69) is 22.8 Å². The first-order valence-electron chi connectivity index (χ1n) is 10.6. The number of anilines is 2. The van der Waals surface area contributed by atoms with E-state index in [1.807, 2.05) is 19.1 Å². The maximum Gasteiger partial charge on any atom is 0.225 e. The molecule has 0 bridgehead atoms. The number of nitrogen functional groups attached to an aromatic ring is 1. The van der Waals surface area contributed by atoms with E-state index in [0.717, 1.165) is 44.1 Å². The van der Waals surface area contributed by atoms with Gasteiger partial charge in [0.25, 0.3) is 0 Å². The summed E-state index contributed by atoms with van der Waals surface area (Å²) >= 11 is 6.33. The molecule has 2 N–H and O–H groups in total. The van der Waals surface area contributed by atoms with E-state index in [4.69, 9.17) is 17.3 Å². The summed E-state index contributed by atoms with van der Waals surface area (Å²) in [5.41, 5.74) is 7.70. The molecule has 0 aromatic heterocycles. The van der Waals surface area contributed by atoms with Gasteiger partial charge in [-0.1, -0.05) is 44.7 Å². The van der Waals surface area contributed by atoms with E-state index >= 15 is 0 Å². The number of amides is 1. The highest BCUT2D eigenvalue weighted by Gasteiger charge is 2.33. The van der Waals surface area contributed by atoms with Gasteiger partial charge in [0.15, 0.2) is 0 Å². The maximum absolute atomic E-state index is 12.6. The third-order valence-corrected chi connectivity index (χ3v) is 6.77. The zero-order chi connectivity index (χ0) is 19.4. The van der Waals surface area contributed by atoms with Crippen LogP contribution in [0.25, 0.3) is 0 Å². The SMILES string of the molecule is CCC(C)C(=O)N1CCC(N(CC2CCCCC2)c2ccc(N)c(Cl)c2)C1. The fourth-order valence-corrected chi connectivity index (χ4v) is 4.67. The Bertz CT molecular complexity index is 644. The van der Waals surface area contributed by atoms with E-state index in [1.54, 1.807) is 0 Å². The Hall–Kier alpha value is -1.42. The molecule has 1 aliphatic heterocycles. The second kappa shape index (κ2) is 9.18. The molecule has 3 rings (SSSR count). The second-order valence-corrected chi connectivity index (χ2v) is 8.81. The van der Waals surface area contributed by atoms with Crippen LogP contribution in [0.5, 0.6) is 0 Å². The van der Waals surface area contributed by atoms with Crippen molar-refractivity contribution in [2.45, 2.75) is 64.8 Å². The minimum atomic E-state index is 0.113. The van der Waals surface area contributed by atoms with Gasteiger partial charge in [0.2, 0.25) is 5.91 Å². The number of carbonyl (C=O) groups is 1. The predicted molar refractivity (Wildman–Crippen MR) is 114 cm³/mol. The summed E-state index contributed by atoms with van der Waals surface area (Å²) in [5, 5.41) is 0.617. The monoisotopic (exact) mass is 391 g/mol. The predicted octanol–water partition coefficient (Wildman–Crippen LogP) is 4.96. The quantitative estimate of drug-likeness (QED) is 0.697. The van der Waals surface area contributed by atoms with Gasteiger partial charge in [-0.2, -0.15) is 0 Å². The van der Waals surface area contributed by atoms with Crippen LogP contribution in [0.3, 0.4) is 0 Å². The van der Waals surface area contributed by atoms with Crippen molar-refractivity contribution in [2.75, 3.05) is 30.3 Å². The lowest BCUT2D eigenvalue weighted by Gasteiger charge is -2.36. The summed E-state index contributed by atoms with van der Waals surface area (Å²) < 4.78 is 0. The minimum absolute atomic E-state index is 0.113. The van der Waals surface area contributed by atoms with Gasteiger partial charge in [0, 0.05) is 37.3 Å². The van der Waals surface area contributed by atoms with Crippen LogP contribution in [-0.2, 0) is 4.79 Å². The first-order chi connectivity index (χ1) is 13.0. The normalized spacial score (nSPS) is 22.0. The molecule has 150 valence electrons. The summed E-state index contributed by atoms with van der Waals surface area (Å²) in [5.74, 6) is 1.14. The number of hydrogen-bond acceptors (Lipinski definition) is 3. The highest BCUT2D eigenvalue weighted by molar-refractivity contribution is 6.33. The Morgan fingerprint density at radius 3 is 2.70 bits per heavy atom. The molecule has 1 amide bonds. The Kier molecular flexibility index (Phi) is 6.91. The molecular weight excluding hydrogens is 358 g/mol. The van der Waals surface area contributed by atoms with Gasteiger partial charge in [0.1, 0.15) is 0 Å². The molecule has 0 radical (unpaired) electrons. The maximum atomic E-state index is 12.6. The molecule has 4 nitrogen and oxygen atoms in total. The fourth-order valence-electron chi connectivity index (χ4n) is 4.49. The molecule has 2 atom stereocenters. The van der Waals surface area contributed by atoms with Crippen LogP contribution in [0.15, 0.2) is 18.2 Å². The van der Waals surface area contributed by atoms with Gasteiger partial charge in [-0.25, -0.2) is 0 Å². The topological polar surface area (TPSA) is 49.6 Å². The van der Waals surface area contributed by atoms with Crippen LogP contribution in [0, 0.1) is 11.8 Å². The minimum Gasteiger partial charge on any atom is -0.398 e. The average molecular weight is 392 g/mol. The van der Waals surface area contributed by atoms with Gasteiger partial charge in [-0.05, 0) is 49.8 Å². The first kappa shape index (κ1) is 20.3. The lowest BCUT2D eigenvalue weighted by atomic mass is 9.88. The van der Waals surface area contributed by atoms with E-state index < -0.39 is 0 Å². The average Bonchev–Trinajstić information content (AvgIpc) is 3.17. The van der Waals surface area contributed by atoms with Crippen molar-refractivity contribution >= 4 is 28.9 Å². The molecule has 1 saturated carbocycles. The summed E-state index contributed by atoms with van der Waals surface area (Å²) in [6, 6.07) is 6.35. The van der Waals surface area contributed by atoms with Crippen molar-refractivity contribution in [3.05, 3.63) is 23.2 Å².